The summed E-state index contributed by atoms with van der Waals surface area (Å²) in [6.45, 7) is 1.83. The van der Waals surface area contributed by atoms with Gasteiger partial charge in [-0.05, 0) is 0 Å². The van der Waals surface area contributed by atoms with E-state index in [-0.39, 0.29) is 17.5 Å². The summed E-state index contributed by atoms with van der Waals surface area (Å²) >= 11 is 0. The van der Waals surface area contributed by atoms with E-state index >= 15 is 0 Å². The standard InChI is InChI=1S/C6H8O2/c1-4-2-5(7)3-6(4)8/h3-4,8H,2H2,1H3/t4-/m0/s1. The van der Waals surface area contributed by atoms with Gasteiger partial charge in [0.1, 0.15) is 0 Å². The predicted octanol–water partition coefficient (Wildman–Crippen LogP) is 1.04. The smallest absolute Gasteiger partial charge is 0.159 e. The van der Waals surface area contributed by atoms with E-state index in [1.165, 1.54) is 6.08 Å². The summed E-state index contributed by atoms with van der Waals surface area (Å²) in [7, 11) is 0. The first-order chi connectivity index (χ1) is 3.70. The molecule has 0 aromatic rings. The van der Waals surface area contributed by atoms with Gasteiger partial charge in [-0.3, -0.25) is 4.79 Å². The van der Waals surface area contributed by atoms with Crippen LogP contribution in [0.4, 0.5) is 0 Å². The first kappa shape index (κ1) is 5.35. The first-order valence-corrected chi connectivity index (χ1v) is 2.63. The van der Waals surface area contributed by atoms with Crippen LogP contribution in [0.3, 0.4) is 0 Å². The summed E-state index contributed by atoms with van der Waals surface area (Å²) in [5.41, 5.74) is 0. The SMILES string of the molecule is C[C@H]1CC(=O)C=C1O. The molecule has 1 aliphatic carbocycles. The molecule has 2 nitrogen and oxygen atoms in total. The minimum absolute atomic E-state index is 0.0370. The maximum absolute atomic E-state index is 10.4. The molecule has 1 N–H and O–H groups in total. The second-order valence-corrected chi connectivity index (χ2v) is 2.14. The summed E-state index contributed by atoms with van der Waals surface area (Å²) in [4.78, 5) is 10.4. The third kappa shape index (κ3) is 0.735. The van der Waals surface area contributed by atoms with Crippen LogP contribution in [-0.4, -0.2) is 10.9 Å². The van der Waals surface area contributed by atoms with E-state index in [0.29, 0.717) is 6.42 Å². The van der Waals surface area contributed by atoms with Crippen LogP contribution in [-0.2, 0) is 4.79 Å². The molecule has 44 valence electrons. The number of carbonyl (C=O) groups is 1. The van der Waals surface area contributed by atoms with Gasteiger partial charge >= 0.3 is 0 Å². The van der Waals surface area contributed by atoms with Gasteiger partial charge in [0.2, 0.25) is 0 Å². The Morgan fingerprint density at radius 2 is 2.50 bits per heavy atom. The van der Waals surface area contributed by atoms with E-state index in [4.69, 9.17) is 5.11 Å². The number of ketones is 1. The van der Waals surface area contributed by atoms with Crippen molar-refractivity contribution < 1.29 is 9.90 Å². The van der Waals surface area contributed by atoms with Crippen LogP contribution in [0.5, 0.6) is 0 Å². The van der Waals surface area contributed by atoms with Gasteiger partial charge < -0.3 is 5.11 Å². The van der Waals surface area contributed by atoms with Crippen molar-refractivity contribution in [3.8, 4) is 0 Å². The fraction of sp³-hybridized carbons (Fsp3) is 0.500. The molecule has 0 aromatic heterocycles. The maximum atomic E-state index is 10.4. The summed E-state index contributed by atoms with van der Waals surface area (Å²) in [5, 5.41) is 8.81. The van der Waals surface area contributed by atoms with Gasteiger partial charge in [-0.2, -0.15) is 0 Å². The monoisotopic (exact) mass is 112 g/mol. The van der Waals surface area contributed by atoms with Crippen molar-refractivity contribution in [3.05, 3.63) is 11.8 Å². The molecule has 0 aliphatic heterocycles. The molecule has 0 fully saturated rings. The van der Waals surface area contributed by atoms with E-state index in [9.17, 15) is 4.79 Å². The third-order valence-corrected chi connectivity index (χ3v) is 1.32. The average molecular weight is 112 g/mol. The summed E-state index contributed by atoms with van der Waals surface area (Å²) < 4.78 is 0. The second kappa shape index (κ2) is 1.62. The number of aliphatic hydroxyl groups excluding tert-OH is 1. The van der Waals surface area contributed by atoms with Crippen LogP contribution in [0.1, 0.15) is 13.3 Å². The topological polar surface area (TPSA) is 37.3 Å². The zero-order valence-corrected chi connectivity index (χ0v) is 4.72. The van der Waals surface area contributed by atoms with Gasteiger partial charge in [0.25, 0.3) is 0 Å². The highest BCUT2D eigenvalue weighted by molar-refractivity contribution is 5.92. The maximum Gasteiger partial charge on any atom is 0.159 e. The molecule has 0 saturated heterocycles. The van der Waals surface area contributed by atoms with Gasteiger partial charge in [-0.15, -0.1) is 0 Å². The van der Waals surface area contributed by atoms with Crippen LogP contribution in [0.25, 0.3) is 0 Å². The number of hydrogen-bond donors (Lipinski definition) is 1. The Kier molecular flexibility index (Phi) is 1.08. The van der Waals surface area contributed by atoms with E-state index in [1.54, 1.807) is 0 Å². The Morgan fingerprint density at radius 3 is 2.62 bits per heavy atom. The molecule has 2 heteroatoms. The van der Waals surface area contributed by atoms with Crippen molar-refractivity contribution >= 4 is 5.78 Å². The molecule has 1 aliphatic rings. The highest BCUT2D eigenvalue weighted by Crippen LogP contribution is 2.19. The lowest BCUT2D eigenvalue weighted by molar-refractivity contribution is -0.114. The van der Waals surface area contributed by atoms with Crippen molar-refractivity contribution in [1.29, 1.82) is 0 Å². The molecule has 0 saturated carbocycles. The molecule has 0 radical (unpaired) electrons. The van der Waals surface area contributed by atoms with E-state index in [2.05, 4.69) is 0 Å². The highest BCUT2D eigenvalue weighted by atomic mass is 16.3. The Bertz CT molecular complexity index is 147. The molecule has 0 aromatic carbocycles. The van der Waals surface area contributed by atoms with Gasteiger partial charge in [-0.1, -0.05) is 6.92 Å². The van der Waals surface area contributed by atoms with Crippen molar-refractivity contribution in [2.24, 2.45) is 5.92 Å². The lowest BCUT2D eigenvalue weighted by atomic mass is 10.1. The lowest BCUT2D eigenvalue weighted by Gasteiger charge is -1.96. The van der Waals surface area contributed by atoms with E-state index in [1.807, 2.05) is 6.92 Å². The van der Waals surface area contributed by atoms with Crippen LogP contribution >= 0.6 is 0 Å². The van der Waals surface area contributed by atoms with Crippen LogP contribution < -0.4 is 0 Å². The normalized spacial score (nSPS) is 28.4. The molecule has 1 atom stereocenters. The van der Waals surface area contributed by atoms with Gasteiger partial charge in [-0.25, -0.2) is 0 Å². The largest absolute Gasteiger partial charge is 0.512 e. The lowest BCUT2D eigenvalue weighted by Crippen LogP contribution is -1.92. The van der Waals surface area contributed by atoms with Crippen LogP contribution in [0.15, 0.2) is 11.8 Å². The number of hydrogen-bond acceptors (Lipinski definition) is 2. The first-order valence-electron chi connectivity index (χ1n) is 2.63. The van der Waals surface area contributed by atoms with Crippen molar-refractivity contribution in [2.75, 3.05) is 0 Å². The number of allylic oxidation sites excluding steroid dienone is 2. The fourth-order valence-corrected chi connectivity index (χ4v) is 0.772. The highest BCUT2D eigenvalue weighted by Gasteiger charge is 2.18. The van der Waals surface area contributed by atoms with Gasteiger partial charge in [0, 0.05) is 18.4 Å². The fourth-order valence-electron chi connectivity index (χ4n) is 0.772. The quantitative estimate of drug-likeness (QED) is 0.508. The predicted molar refractivity (Wildman–Crippen MR) is 29.5 cm³/mol. The molecular weight excluding hydrogens is 104 g/mol. The minimum Gasteiger partial charge on any atom is -0.512 e. The molecule has 0 bridgehead atoms. The third-order valence-electron chi connectivity index (χ3n) is 1.32. The number of aliphatic hydroxyl groups is 1. The Labute approximate surface area is 47.8 Å². The summed E-state index contributed by atoms with van der Waals surface area (Å²) in [6.07, 6.45) is 1.77. The minimum atomic E-state index is 0.0370. The number of carbonyl (C=O) groups excluding carboxylic acids is 1. The van der Waals surface area contributed by atoms with Crippen molar-refractivity contribution in [2.45, 2.75) is 13.3 Å². The average Bonchev–Trinajstić information content (AvgIpc) is 1.85. The van der Waals surface area contributed by atoms with Gasteiger partial charge in [0.15, 0.2) is 5.78 Å². The van der Waals surface area contributed by atoms with Crippen molar-refractivity contribution in [1.82, 2.24) is 0 Å². The van der Waals surface area contributed by atoms with Crippen LogP contribution in [0, 0.1) is 5.92 Å². The zero-order chi connectivity index (χ0) is 6.15. The number of rotatable bonds is 0. The Morgan fingerprint density at radius 1 is 1.88 bits per heavy atom. The summed E-state index contributed by atoms with van der Waals surface area (Å²) in [6, 6.07) is 0. The van der Waals surface area contributed by atoms with Crippen LogP contribution in [0.2, 0.25) is 0 Å². The molecule has 0 heterocycles. The molecule has 0 amide bonds. The second-order valence-electron chi connectivity index (χ2n) is 2.14. The van der Waals surface area contributed by atoms with E-state index in [0.717, 1.165) is 0 Å². The van der Waals surface area contributed by atoms with E-state index < -0.39 is 0 Å². The summed E-state index contributed by atoms with van der Waals surface area (Å²) in [5.74, 6) is 0.326. The Balaban J connectivity index is 2.73. The molecule has 0 unspecified atom stereocenters. The molecular formula is C6H8O2. The zero-order valence-electron chi connectivity index (χ0n) is 4.72. The molecule has 8 heavy (non-hydrogen) atoms. The molecule has 0 spiro atoms. The molecule has 1 rings (SSSR count). The Hall–Kier alpha value is -0.790. The van der Waals surface area contributed by atoms with Crippen molar-refractivity contribution in [3.63, 3.8) is 0 Å². The van der Waals surface area contributed by atoms with Gasteiger partial charge in [0.05, 0.1) is 5.76 Å².